The van der Waals surface area contributed by atoms with Crippen molar-refractivity contribution in [3.8, 4) is 11.5 Å². The second-order valence-corrected chi connectivity index (χ2v) is 6.12. The summed E-state index contributed by atoms with van der Waals surface area (Å²) in [7, 11) is 0. The molecule has 1 aromatic rings. The molecule has 0 spiro atoms. The van der Waals surface area contributed by atoms with Gasteiger partial charge in [-0.1, -0.05) is 28.8 Å². The average Bonchev–Trinajstić information content (AvgIpc) is 2.93. The number of halogens is 1. The highest BCUT2D eigenvalue weighted by atomic mass is 79.9. The van der Waals surface area contributed by atoms with E-state index in [9.17, 15) is 4.79 Å². The molecule has 2 aliphatic rings. The lowest BCUT2D eigenvalue weighted by atomic mass is 9.87. The third-order valence-electron chi connectivity index (χ3n) is 4.18. The molecule has 0 N–H and O–H groups in total. The van der Waals surface area contributed by atoms with Crippen molar-refractivity contribution in [2.45, 2.75) is 38.1 Å². The molecule has 1 fully saturated rings. The molecule has 1 saturated carbocycles. The lowest BCUT2D eigenvalue weighted by molar-refractivity contribution is 0.169. The average molecular weight is 338 g/mol. The fourth-order valence-corrected chi connectivity index (χ4v) is 3.82. The third kappa shape index (κ3) is 2.05. The van der Waals surface area contributed by atoms with Gasteiger partial charge in [-0.3, -0.25) is 0 Å². The van der Waals surface area contributed by atoms with Crippen molar-refractivity contribution >= 4 is 22.0 Å². The first-order valence-electron chi connectivity index (χ1n) is 6.86. The Balaban J connectivity index is 2.18. The van der Waals surface area contributed by atoms with E-state index in [1.165, 1.54) is 0 Å². The molecule has 1 aliphatic heterocycles. The quantitative estimate of drug-likeness (QED) is 0.611. The number of isocyanates is 1. The number of carbonyl (C=O) groups excluding carboxylic acids is 1. The van der Waals surface area contributed by atoms with Crippen LogP contribution in [0.25, 0.3) is 0 Å². The highest BCUT2D eigenvalue weighted by Crippen LogP contribution is 2.50. The maximum Gasteiger partial charge on any atom is 0.235 e. The fourth-order valence-electron chi connectivity index (χ4n) is 3.16. The Labute approximate surface area is 126 Å². The van der Waals surface area contributed by atoms with Crippen LogP contribution < -0.4 is 9.47 Å². The topological polar surface area (TPSA) is 47.9 Å². The van der Waals surface area contributed by atoms with Crippen LogP contribution in [0.1, 0.15) is 36.8 Å². The first-order valence-corrected chi connectivity index (χ1v) is 7.65. The summed E-state index contributed by atoms with van der Waals surface area (Å²) in [4.78, 5) is 15.0. The first-order chi connectivity index (χ1) is 9.68. The summed E-state index contributed by atoms with van der Waals surface area (Å²) in [5.74, 6) is 1.54. The molecule has 5 heteroatoms. The number of nitrogens with zero attached hydrogens (tertiary/aromatic N) is 1. The van der Waals surface area contributed by atoms with Crippen LogP contribution in [-0.4, -0.2) is 19.3 Å². The van der Waals surface area contributed by atoms with Crippen molar-refractivity contribution in [2.75, 3.05) is 13.2 Å². The predicted octanol–water partition coefficient (Wildman–Crippen LogP) is 3.63. The fraction of sp³-hybridized carbons (Fsp3) is 0.533. The molecule has 20 heavy (non-hydrogen) atoms. The van der Waals surface area contributed by atoms with E-state index in [2.05, 4.69) is 20.9 Å². The van der Waals surface area contributed by atoms with E-state index in [0.717, 1.165) is 52.8 Å². The summed E-state index contributed by atoms with van der Waals surface area (Å²) in [5.41, 5.74) is 1.56. The smallest absolute Gasteiger partial charge is 0.235 e. The van der Waals surface area contributed by atoms with Gasteiger partial charge in [-0.25, -0.2) is 4.79 Å². The first kappa shape index (κ1) is 13.7. The van der Waals surface area contributed by atoms with Gasteiger partial charge in [-0.15, -0.1) is 0 Å². The van der Waals surface area contributed by atoms with Gasteiger partial charge < -0.3 is 9.47 Å². The molecule has 0 unspecified atom stereocenters. The zero-order valence-electron chi connectivity index (χ0n) is 11.4. The van der Waals surface area contributed by atoms with Crippen molar-refractivity contribution in [3.05, 3.63) is 21.7 Å². The van der Waals surface area contributed by atoms with Crippen molar-refractivity contribution in [3.63, 3.8) is 0 Å². The molecular formula is C15H16BrNO3. The van der Waals surface area contributed by atoms with Gasteiger partial charge in [0, 0.05) is 10.0 Å². The molecule has 106 valence electrons. The minimum absolute atomic E-state index is 0.457. The molecule has 0 atom stereocenters. The Morgan fingerprint density at radius 2 is 2.00 bits per heavy atom. The summed E-state index contributed by atoms with van der Waals surface area (Å²) >= 11 is 3.65. The minimum atomic E-state index is -0.457. The lowest BCUT2D eigenvalue weighted by Gasteiger charge is -2.28. The normalized spacial score (nSPS) is 19.5. The van der Waals surface area contributed by atoms with Gasteiger partial charge in [0.2, 0.25) is 6.08 Å². The Morgan fingerprint density at radius 3 is 2.70 bits per heavy atom. The molecule has 0 saturated heterocycles. The van der Waals surface area contributed by atoms with Gasteiger partial charge in [0.15, 0.2) is 11.5 Å². The molecule has 1 aromatic carbocycles. The lowest BCUT2D eigenvalue weighted by Crippen LogP contribution is -2.22. The standard InChI is InChI=1S/C15H16BrNO3/c1-10-13(16)11(8-12-14(10)20-7-6-19-12)15(17-9-18)4-2-3-5-15/h8H,2-7H2,1H3. The van der Waals surface area contributed by atoms with Crippen LogP contribution in [0.15, 0.2) is 15.5 Å². The molecular weight excluding hydrogens is 322 g/mol. The van der Waals surface area contributed by atoms with Gasteiger partial charge >= 0.3 is 0 Å². The number of hydrogen-bond acceptors (Lipinski definition) is 4. The van der Waals surface area contributed by atoms with Crippen LogP contribution in [0.2, 0.25) is 0 Å². The van der Waals surface area contributed by atoms with E-state index in [1.807, 2.05) is 13.0 Å². The number of rotatable bonds is 2. The molecule has 3 rings (SSSR count). The summed E-state index contributed by atoms with van der Waals surface area (Å²) in [6, 6.07) is 1.97. The summed E-state index contributed by atoms with van der Waals surface area (Å²) < 4.78 is 12.3. The number of hydrogen-bond donors (Lipinski definition) is 0. The largest absolute Gasteiger partial charge is 0.486 e. The number of aliphatic imine (C=N–C) groups is 1. The van der Waals surface area contributed by atoms with Crippen LogP contribution in [0.3, 0.4) is 0 Å². The zero-order chi connectivity index (χ0) is 14.2. The highest BCUT2D eigenvalue weighted by Gasteiger charge is 2.39. The molecule has 0 aromatic heterocycles. The molecule has 1 aliphatic carbocycles. The number of ether oxygens (including phenoxy) is 2. The van der Waals surface area contributed by atoms with Crippen LogP contribution in [-0.2, 0) is 10.3 Å². The monoisotopic (exact) mass is 337 g/mol. The van der Waals surface area contributed by atoms with E-state index in [4.69, 9.17) is 9.47 Å². The van der Waals surface area contributed by atoms with Gasteiger partial charge in [-0.05, 0) is 31.4 Å². The summed E-state index contributed by atoms with van der Waals surface area (Å²) in [6.07, 6.45) is 5.66. The molecule has 0 bridgehead atoms. The SMILES string of the molecule is Cc1c(Br)c(C2(N=C=O)CCCC2)cc2c1OCCO2. The van der Waals surface area contributed by atoms with Crippen LogP contribution in [0.4, 0.5) is 0 Å². The van der Waals surface area contributed by atoms with Gasteiger partial charge in [0.1, 0.15) is 13.2 Å². The summed E-state index contributed by atoms with van der Waals surface area (Å²) in [5, 5.41) is 0. The van der Waals surface area contributed by atoms with Crippen LogP contribution in [0.5, 0.6) is 11.5 Å². The predicted molar refractivity (Wildman–Crippen MR) is 78.1 cm³/mol. The Morgan fingerprint density at radius 1 is 1.30 bits per heavy atom. The van der Waals surface area contributed by atoms with E-state index < -0.39 is 5.54 Å². The van der Waals surface area contributed by atoms with Crippen LogP contribution in [0, 0.1) is 6.92 Å². The Hall–Kier alpha value is -1.32. The molecule has 4 nitrogen and oxygen atoms in total. The van der Waals surface area contributed by atoms with Crippen LogP contribution >= 0.6 is 15.9 Å². The van der Waals surface area contributed by atoms with Crippen molar-refractivity contribution in [1.29, 1.82) is 0 Å². The van der Waals surface area contributed by atoms with E-state index in [1.54, 1.807) is 6.08 Å². The number of benzene rings is 1. The second-order valence-electron chi connectivity index (χ2n) is 5.33. The van der Waals surface area contributed by atoms with Gasteiger partial charge in [-0.2, -0.15) is 4.99 Å². The minimum Gasteiger partial charge on any atom is -0.486 e. The second kappa shape index (κ2) is 5.23. The van der Waals surface area contributed by atoms with Crippen molar-refractivity contribution in [1.82, 2.24) is 0 Å². The Kier molecular flexibility index (Phi) is 3.57. The van der Waals surface area contributed by atoms with Gasteiger partial charge in [0.05, 0.1) is 5.54 Å². The third-order valence-corrected chi connectivity index (χ3v) is 5.21. The zero-order valence-corrected chi connectivity index (χ0v) is 13.0. The number of fused-ring (bicyclic) bond motifs is 1. The van der Waals surface area contributed by atoms with Gasteiger partial charge in [0.25, 0.3) is 0 Å². The van der Waals surface area contributed by atoms with Crippen molar-refractivity contribution in [2.24, 2.45) is 4.99 Å². The maximum absolute atomic E-state index is 10.9. The van der Waals surface area contributed by atoms with E-state index >= 15 is 0 Å². The van der Waals surface area contributed by atoms with E-state index in [-0.39, 0.29) is 0 Å². The molecule has 0 radical (unpaired) electrons. The highest BCUT2D eigenvalue weighted by molar-refractivity contribution is 9.10. The van der Waals surface area contributed by atoms with E-state index in [0.29, 0.717) is 13.2 Å². The molecule has 1 heterocycles. The van der Waals surface area contributed by atoms with Crippen molar-refractivity contribution < 1.29 is 14.3 Å². The summed E-state index contributed by atoms with van der Waals surface area (Å²) in [6.45, 7) is 3.11. The maximum atomic E-state index is 10.9. The molecule has 0 amide bonds. The Bertz CT molecular complexity index is 587.